The molecule has 21 heavy (non-hydrogen) atoms. The molecule has 104 valence electrons. The average molecular weight is 361 g/mol. The molecule has 0 radical (unpaired) electrons. The van der Waals surface area contributed by atoms with Crippen LogP contribution in [0, 0.1) is 0 Å². The van der Waals surface area contributed by atoms with Crippen LogP contribution in [0.15, 0.2) is 59.3 Å². The Hall–Kier alpha value is -1.91. The molecule has 3 aromatic rings. The van der Waals surface area contributed by atoms with E-state index in [4.69, 9.17) is 17.3 Å². The Kier molecular flexibility index (Phi) is 3.90. The second-order valence-electron chi connectivity index (χ2n) is 4.50. The molecule has 1 aromatic heterocycles. The van der Waals surface area contributed by atoms with E-state index in [0.29, 0.717) is 16.4 Å². The van der Waals surface area contributed by atoms with Crippen molar-refractivity contribution < 1.29 is 0 Å². The fourth-order valence-electron chi connectivity index (χ4n) is 2.07. The lowest BCUT2D eigenvalue weighted by Crippen LogP contribution is -1.99. The number of aromatic nitrogens is 2. The van der Waals surface area contributed by atoms with E-state index >= 15 is 0 Å². The molecule has 3 nitrogen and oxygen atoms in total. The standard InChI is InChI=1S/C16H11BrClN3/c17-12-5-1-10(2-6-12)15-14(19)16(21-9-20-15)11-3-7-13(18)8-4-11/h1-9H,19H2. The van der Waals surface area contributed by atoms with Gasteiger partial charge in [-0.2, -0.15) is 0 Å². The summed E-state index contributed by atoms with van der Waals surface area (Å²) in [6, 6.07) is 15.3. The van der Waals surface area contributed by atoms with Crippen LogP contribution in [0.2, 0.25) is 5.02 Å². The van der Waals surface area contributed by atoms with Gasteiger partial charge < -0.3 is 5.73 Å². The summed E-state index contributed by atoms with van der Waals surface area (Å²) in [5, 5.41) is 0.680. The van der Waals surface area contributed by atoms with Gasteiger partial charge in [0.25, 0.3) is 0 Å². The monoisotopic (exact) mass is 359 g/mol. The van der Waals surface area contributed by atoms with E-state index < -0.39 is 0 Å². The third-order valence-electron chi connectivity index (χ3n) is 3.12. The lowest BCUT2D eigenvalue weighted by molar-refractivity contribution is 1.18. The minimum Gasteiger partial charge on any atom is -0.395 e. The van der Waals surface area contributed by atoms with Crippen LogP contribution in [0.1, 0.15) is 0 Å². The number of nitrogen functional groups attached to an aromatic ring is 1. The molecule has 5 heteroatoms. The van der Waals surface area contributed by atoms with Crippen LogP contribution in [0.4, 0.5) is 5.69 Å². The van der Waals surface area contributed by atoms with Crippen LogP contribution in [-0.4, -0.2) is 9.97 Å². The number of hydrogen-bond acceptors (Lipinski definition) is 3. The van der Waals surface area contributed by atoms with Crippen LogP contribution < -0.4 is 5.73 Å². The lowest BCUT2D eigenvalue weighted by Gasteiger charge is -2.09. The van der Waals surface area contributed by atoms with Gasteiger partial charge in [-0.25, -0.2) is 9.97 Å². The Labute approximate surface area is 135 Å². The van der Waals surface area contributed by atoms with Gasteiger partial charge in [0, 0.05) is 20.6 Å². The molecule has 0 aliphatic heterocycles. The molecule has 0 fully saturated rings. The summed E-state index contributed by atoms with van der Waals surface area (Å²) in [6.45, 7) is 0. The number of hydrogen-bond donors (Lipinski definition) is 1. The molecule has 0 atom stereocenters. The highest BCUT2D eigenvalue weighted by atomic mass is 79.9. The molecule has 0 amide bonds. The smallest absolute Gasteiger partial charge is 0.116 e. The molecule has 2 N–H and O–H groups in total. The fourth-order valence-corrected chi connectivity index (χ4v) is 2.46. The Bertz CT molecular complexity index is 707. The minimum absolute atomic E-state index is 0.558. The molecule has 2 aromatic carbocycles. The highest BCUT2D eigenvalue weighted by Gasteiger charge is 2.11. The summed E-state index contributed by atoms with van der Waals surface area (Å²) in [4.78, 5) is 8.60. The van der Waals surface area contributed by atoms with Crippen LogP contribution in [0.3, 0.4) is 0 Å². The van der Waals surface area contributed by atoms with E-state index in [-0.39, 0.29) is 0 Å². The molecule has 0 aliphatic rings. The second kappa shape index (κ2) is 5.84. The zero-order valence-electron chi connectivity index (χ0n) is 10.9. The maximum absolute atomic E-state index is 6.25. The van der Waals surface area contributed by atoms with Crippen molar-refractivity contribution in [3.63, 3.8) is 0 Å². The first-order valence-electron chi connectivity index (χ1n) is 6.27. The van der Waals surface area contributed by atoms with Gasteiger partial charge >= 0.3 is 0 Å². The predicted molar refractivity (Wildman–Crippen MR) is 90.0 cm³/mol. The first-order chi connectivity index (χ1) is 10.1. The summed E-state index contributed by atoms with van der Waals surface area (Å²) in [5.41, 5.74) is 10.1. The first-order valence-corrected chi connectivity index (χ1v) is 7.44. The summed E-state index contributed by atoms with van der Waals surface area (Å²) in [7, 11) is 0. The zero-order chi connectivity index (χ0) is 14.8. The van der Waals surface area contributed by atoms with E-state index in [0.717, 1.165) is 21.3 Å². The van der Waals surface area contributed by atoms with Crippen LogP contribution >= 0.6 is 27.5 Å². The molecule has 0 aliphatic carbocycles. The largest absolute Gasteiger partial charge is 0.395 e. The fraction of sp³-hybridized carbons (Fsp3) is 0. The van der Waals surface area contributed by atoms with E-state index in [1.165, 1.54) is 6.33 Å². The first kappa shape index (κ1) is 14.0. The van der Waals surface area contributed by atoms with Crippen molar-refractivity contribution in [3.05, 3.63) is 64.4 Å². The number of rotatable bonds is 2. The molecule has 0 unspecified atom stereocenters. The third kappa shape index (κ3) is 2.91. The lowest BCUT2D eigenvalue weighted by atomic mass is 10.1. The van der Waals surface area contributed by atoms with Crippen LogP contribution in [0.25, 0.3) is 22.5 Å². The highest BCUT2D eigenvalue weighted by molar-refractivity contribution is 9.10. The van der Waals surface area contributed by atoms with Crippen LogP contribution in [0.5, 0.6) is 0 Å². The Balaban J connectivity index is 2.10. The third-order valence-corrected chi connectivity index (χ3v) is 3.90. The molecule has 0 spiro atoms. The summed E-state index contributed by atoms with van der Waals surface area (Å²) >= 11 is 9.33. The van der Waals surface area contributed by atoms with Crippen molar-refractivity contribution in [1.82, 2.24) is 9.97 Å². The maximum Gasteiger partial charge on any atom is 0.116 e. The van der Waals surface area contributed by atoms with Gasteiger partial charge in [-0.15, -0.1) is 0 Å². The van der Waals surface area contributed by atoms with Crippen molar-refractivity contribution in [1.29, 1.82) is 0 Å². The minimum atomic E-state index is 0.558. The topological polar surface area (TPSA) is 51.8 Å². The quantitative estimate of drug-likeness (QED) is 0.713. The Morgan fingerprint density at radius 3 is 1.81 bits per heavy atom. The van der Waals surface area contributed by atoms with Crippen LogP contribution in [-0.2, 0) is 0 Å². The zero-order valence-corrected chi connectivity index (χ0v) is 13.3. The van der Waals surface area contributed by atoms with Gasteiger partial charge in [0.1, 0.15) is 6.33 Å². The Morgan fingerprint density at radius 2 is 1.29 bits per heavy atom. The van der Waals surface area contributed by atoms with Gasteiger partial charge in [0.05, 0.1) is 17.1 Å². The Morgan fingerprint density at radius 1 is 0.810 bits per heavy atom. The van der Waals surface area contributed by atoms with E-state index in [1.807, 2.05) is 48.5 Å². The van der Waals surface area contributed by atoms with Crippen molar-refractivity contribution in [3.8, 4) is 22.5 Å². The summed E-state index contributed by atoms with van der Waals surface area (Å²) in [5.74, 6) is 0. The molecule has 0 saturated heterocycles. The number of benzene rings is 2. The average Bonchev–Trinajstić information content (AvgIpc) is 2.50. The molecule has 0 saturated carbocycles. The van der Waals surface area contributed by atoms with Gasteiger partial charge in [-0.05, 0) is 24.3 Å². The molecular formula is C16H11BrClN3. The van der Waals surface area contributed by atoms with Crippen molar-refractivity contribution in [2.24, 2.45) is 0 Å². The molecule has 1 heterocycles. The van der Waals surface area contributed by atoms with E-state index in [1.54, 1.807) is 0 Å². The normalized spacial score (nSPS) is 10.6. The van der Waals surface area contributed by atoms with Gasteiger partial charge in [-0.3, -0.25) is 0 Å². The van der Waals surface area contributed by atoms with Crippen molar-refractivity contribution in [2.45, 2.75) is 0 Å². The molecule has 3 rings (SSSR count). The highest BCUT2D eigenvalue weighted by Crippen LogP contribution is 2.32. The van der Waals surface area contributed by atoms with Gasteiger partial charge in [-0.1, -0.05) is 51.8 Å². The number of nitrogens with two attached hydrogens (primary N) is 1. The second-order valence-corrected chi connectivity index (χ2v) is 5.85. The molecule has 0 bridgehead atoms. The van der Waals surface area contributed by atoms with E-state index in [2.05, 4.69) is 25.9 Å². The summed E-state index contributed by atoms with van der Waals surface area (Å²) < 4.78 is 1.01. The number of halogens is 2. The number of nitrogens with zero attached hydrogens (tertiary/aromatic N) is 2. The van der Waals surface area contributed by atoms with Gasteiger partial charge in [0.15, 0.2) is 0 Å². The SMILES string of the molecule is Nc1c(-c2ccc(Cl)cc2)ncnc1-c1ccc(Br)cc1. The van der Waals surface area contributed by atoms with Gasteiger partial charge in [0.2, 0.25) is 0 Å². The van der Waals surface area contributed by atoms with Crippen molar-refractivity contribution >= 4 is 33.2 Å². The maximum atomic E-state index is 6.25. The van der Waals surface area contributed by atoms with Crippen molar-refractivity contribution in [2.75, 3.05) is 5.73 Å². The number of anilines is 1. The van der Waals surface area contributed by atoms with E-state index in [9.17, 15) is 0 Å². The summed E-state index contributed by atoms with van der Waals surface area (Å²) in [6.07, 6.45) is 1.53. The predicted octanol–water partition coefficient (Wildman–Crippen LogP) is 4.81. The molecular weight excluding hydrogens is 350 g/mol.